The van der Waals surface area contributed by atoms with Crippen molar-refractivity contribution in [1.82, 2.24) is 5.32 Å². The molecule has 4 N–H and O–H groups in total. The summed E-state index contributed by atoms with van der Waals surface area (Å²) in [6.45, 7) is 5.30. The molecule has 0 radical (unpaired) electrons. The fraction of sp³-hybridized carbons (Fsp3) is 0.467. The zero-order chi connectivity index (χ0) is 16.0. The third-order valence-electron chi connectivity index (χ3n) is 2.67. The second-order valence-electron chi connectivity index (χ2n) is 5.79. The van der Waals surface area contributed by atoms with Crippen LogP contribution >= 0.6 is 12.2 Å². The first-order valence-corrected chi connectivity index (χ1v) is 7.10. The molecule has 1 aromatic rings. The second kappa shape index (κ2) is 7.38. The number of thiocarbonyl (C=S) groups is 1. The lowest BCUT2D eigenvalue weighted by atomic mass is 10.0. The van der Waals surface area contributed by atoms with Gasteiger partial charge in [-0.1, -0.05) is 42.5 Å². The predicted molar refractivity (Wildman–Crippen MR) is 86.1 cm³/mol. The van der Waals surface area contributed by atoms with Crippen LogP contribution in [0.3, 0.4) is 0 Å². The van der Waals surface area contributed by atoms with Crippen LogP contribution in [0.1, 0.15) is 26.3 Å². The average molecular weight is 310 g/mol. The number of ether oxygens (including phenoxy) is 1. The SMILES string of the molecule is CC(C)(C)OC(=O)N[C@@H](Cc1ccccc1)C(O)C(N)=S. The third kappa shape index (κ3) is 6.55. The molecule has 0 saturated heterocycles. The highest BCUT2D eigenvalue weighted by Crippen LogP contribution is 2.10. The molecule has 116 valence electrons. The summed E-state index contributed by atoms with van der Waals surface area (Å²) in [5.74, 6) is 0. The minimum atomic E-state index is -1.12. The van der Waals surface area contributed by atoms with Crippen LogP contribution < -0.4 is 11.1 Å². The number of hydrogen-bond donors (Lipinski definition) is 3. The summed E-state index contributed by atoms with van der Waals surface area (Å²) in [6, 6.07) is 8.82. The average Bonchev–Trinajstić information content (AvgIpc) is 2.36. The van der Waals surface area contributed by atoms with E-state index in [1.54, 1.807) is 20.8 Å². The lowest BCUT2D eigenvalue weighted by Crippen LogP contribution is -2.50. The summed E-state index contributed by atoms with van der Waals surface area (Å²) in [7, 11) is 0. The topological polar surface area (TPSA) is 84.6 Å². The quantitative estimate of drug-likeness (QED) is 0.722. The van der Waals surface area contributed by atoms with Gasteiger partial charge < -0.3 is 20.9 Å². The molecule has 0 aliphatic rings. The van der Waals surface area contributed by atoms with Gasteiger partial charge in [-0.2, -0.15) is 0 Å². The molecule has 0 heterocycles. The van der Waals surface area contributed by atoms with Gasteiger partial charge in [0.05, 0.1) is 6.04 Å². The number of nitrogens with two attached hydrogens (primary N) is 1. The van der Waals surface area contributed by atoms with E-state index in [1.807, 2.05) is 30.3 Å². The van der Waals surface area contributed by atoms with Gasteiger partial charge in [-0.15, -0.1) is 0 Å². The van der Waals surface area contributed by atoms with E-state index >= 15 is 0 Å². The van der Waals surface area contributed by atoms with E-state index in [4.69, 9.17) is 22.7 Å². The van der Waals surface area contributed by atoms with Crippen LogP contribution in [0.5, 0.6) is 0 Å². The van der Waals surface area contributed by atoms with Crippen LogP contribution in [0.15, 0.2) is 30.3 Å². The molecular formula is C15H22N2O3S. The van der Waals surface area contributed by atoms with Gasteiger partial charge in [-0.05, 0) is 32.8 Å². The molecular weight excluding hydrogens is 288 g/mol. The molecule has 6 heteroatoms. The summed E-state index contributed by atoms with van der Waals surface area (Å²) in [5.41, 5.74) is 5.82. The first-order valence-electron chi connectivity index (χ1n) is 6.70. The van der Waals surface area contributed by atoms with E-state index in [-0.39, 0.29) is 4.99 Å². The van der Waals surface area contributed by atoms with Gasteiger partial charge in [0.1, 0.15) is 16.7 Å². The number of carbonyl (C=O) groups excluding carboxylic acids is 1. The molecule has 2 atom stereocenters. The molecule has 0 aliphatic carbocycles. The van der Waals surface area contributed by atoms with E-state index in [9.17, 15) is 9.90 Å². The van der Waals surface area contributed by atoms with E-state index in [0.29, 0.717) is 6.42 Å². The molecule has 0 bridgehead atoms. The van der Waals surface area contributed by atoms with Crippen molar-refractivity contribution in [2.45, 2.75) is 44.9 Å². The van der Waals surface area contributed by atoms with Crippen molar-refractivity contribution in [3.8, 4) is 0 Å². The Balaban J connectivity index is 2.78. The Morgan fingerprint density at radius 3 is 2.43 bits per heavy atom. The summed E-state index contributed by atoms with van der Waals surface area (Å²) >= 11 is 4.81. The van der Waals surface area contributed by atoms with E-state index < -0.39 is 23.8 Å². The van der Waals surface area contributed by atoms with E-state index in [1.165, 1.54) is 0 Å². The Labute approximate surface area is 130 Å². The number of nitrogens with one attached hydrogen (secondary N) is 1. The molecule has 1 rings (SSSR count). The summed E-state index contributed by atoms with van der Waals surface area (Å²) in [4.78, 5) is 11.8. The van der Waals surface area contributed by atoms with Crippen LogP contribution in [-0.4, -0.2) is 33.9 Å². The normalized spacial score (nSPS) is 14.1. The highest BCUT2D eigenvalue weighted by atomic mass is 32.1. The largest absolute Gasteiger partial charge is 0.444 e. The molecule has 0 aromatic heterocycles. The van der Waals surface area contributed by atoms with Crippen molar-refractivity contribution in [2.75, 3.05) is 0 Å². The molecule has 0 fully saturated rings. The molecule has 1 unspecified atom stereocenters. The number of aliphatic hydroxyl groups excluding tert-OH is 1. The molecule has 1 aromatic carbocycles. The third-order valence-corrected chi connectivity index (χ3v) is 2.91. The Hall–Kier alpha value is -1.66. The van der Waals surface area contributed by atoms with Gasteiger partial charge >= 0.3 is 6.09 Å². The maximum atomic E-state index is 11.9. The predicted octanol–water partition coefficient (Wildman–Crippen LogP) is 1.77. The number of rotatable bonds is 5. The van der Waals surface area contributed by atoms with Gasteiger partial charge in [0, 0.05) is 0 Å². The van der Waals surface area contributed by atoms with Crippen LogP contribution in [0.4, 0.5) is 4.79 Å². The zero-order valence-corrected chi connectivity index (χ0v) is 13.3. The van der Waals surface area contributed by atoms with Crippen LogP contribution in [0.25, 0.3) is 0 Å². The molecule has 0 saturated carbocycles. The minimum absolute atomic E-state index is 0.0630. The number of alkyl carbamates (subject to hydrolysis) is 1. The summed E-state index contributed by atoms with van der Waals surface area (Å²) in [6.07, 6.45) is -1.33. The van der Waals surface area contributed by atoms with Crippen molar-refractivity contribution < 1.29 is 14.6 Å². The first kappa shape index (κ1) is 17.4. The van der Waals surface area contributed by atoms with Gasteiger partial charge in [0.2, 0.25) is 0 Å². The standard InChI is InChI=1S/C15H22N2O3S/c1-15(2,3)20-14(19)17-11(12(18)13(16)21)9-10-7-5-4-6-8-10/h4-8,11-12,18H,9H2,1-3H3,(H2,16,21)(H,17,19)/t11-,12?/m0/s1. The molecule has 0 spiro atoms. The van der Waals surface area contributed by atoms with Crippen molar-refractivity contribution in [3.05, 3.63) is 35.9 Å². The monoisotopic (exact) mass is 310 g/mol. The van der Waals surface area contributed by atoms with E-state index in [0.717, 1.165) is 5.56 Å². The van der Waals surface area contributed by atoms with Crippen LogP contribution in [-0.2, 0) is 11.2 Å². The highest BCUT2D eigenvalue weighted by molar-refractivity contribution is 7.80. The Morgan fingerprint density at radius 2 is 1.95 bits per heavy atom. The number of amides is 1. The maximum Gasteiger partial charge on any atom is 0.407 e. The number of benzene rings is 1. The Bertz CT molecular complexity index is 485. The smallest absolute Gasteiger partial charge is 0.407 e. The van der Waals surface area contributed by atoms with Crippen molar-refractivity contribution >= 4 is 23.3 Å². The van der Waals surface area contributed by atoms with Crippen LogP contribution in [0, 0.1) is 0 Å². The van der Waals surface area contributed by atoms with Crippen LogP contribution in [0.2, 0.25) is 0 Å². The van der Waals surface area contributed by atoms with Gasteiger partial charge in [-0.3, -0.25) is 0 Å². The van der Waals surface area contributed by atoms with Gasteiger partial charge in [0.15, 0.2) is 0 Å². The maximum absolute atomic E-state index is 11.9. The Morgan fingerprint density at radius 1 is 1.38 bits per heavy atom. The molecule has 1 amide bonds. The fourth-order valence-corrected chi connectivity index (χ4v) is 1.93. The molecule has 0 aliphatic heterocycles. The second-order valence-corrected chi connectivity index (χ2v) is 6.26. The number of carbonyl (C=O) groups is 1. The fourth-order valence-electron chi connectivity index (χ4n) is 1.77. The first-order chi connectivity index (χ1) is 9.69. The molecule has 5 nitrogen and oxygen atoms in total. The summed E-state index contributed by atoms with van der Waals surface area (Å²) < 4.78 is 5.19. The molecule has 21 heavy (non-hydrogen) atoms. The van der Waals surface area contributed by atoms with Gasteiger partial charge in [0.25, 0.3) is 0 Å². The lowest BCUT2D eigenvalue weighted by Gasteiger charge is -2.26. The van der Waals surface area contributed by atoms with Crippen molar-refractivity contribution in [2.24, 2.45) is 5.73 Å². The Kier molecular flexibility index (Phi) is 6.11. The lowest BCUT2D eigenvalue weighted by molar-refractivity contribution is 0.0464. The van der Waals surface area contributed by atoms with Crippen molar-refractivity contribution in [1.29, 1.82) is 0 Å². The summed E-state index contributed by atoms with van der Waals surface area (Å²) in [5, 5.41) is 12.7. The van der Waals surface area contributed by atoms with Gasteiger partial charge in [-0.25, -0.2) is 4.79 Å². The zero-order valence-electron chi connectivity index (χ0n) is 12.5. The van der Waals surface area contributed by atoms with E-state index in [2.05, 4.69) is 5.32 Å². The number of aliphatic hydroxyl groups is 1. The number of hydrogen-bond acceptors (Lipinski definition) is 4. The minimum Gasteiger partial charge on any atom is -0.444 e. The highest BCUT2D eigenvalue weighted by Gasteiger charge is 2.26. The van der Waals surface area contributed by atoms with Crippen molar-refractivity contribution in [3.63, 3.8) is 0 Å².